The van der Waals surface area contributed by atoms with Crippen LogP contribution in [0.4, 0.5) is 5.95 Å². The maximum Gasteiger partial charge on any atom is 0.321 e. The van der Waals surface area contributed by atoms with Crippen molar-refractivity contribution in [1.29, 1.82) is 0 Å². The van der Waals surface area contributed by atoms with Gasteiger partial charge >= 0.3 is 6.01 Å². The van der Waals surface area contributed by atoms with Gasteiger partial charge in [-0.1, -0.05) is 0 Å². The zero-order valence-corrected chi connectivity index (χ0v) is 8.30. The second kappa shape index (κ2) is 4.81. The van der Waals surface area contributed by atoms with E-state index in [4.69, 9.17) is 16.3 Å². The Morgan fingerprint density at radius 3 is 2.69 bits per heavy atom. The fourth-order valence-electron chi connectivity index (χ4n) is 0.786. The summed E-state index contributed by atoms with van der Waals surface area (Å²) in [5.74, 6) is 1.24. The average Bonchev–Trinajstić information content (AvgIpc) is 2.17. The van der Waals surface area contributed by atoms with Gasteiger partial charge in [0.15, 0.2) is 5.82 Å². The van der Waals surface area contributed by atoms with E-state index in [2.05, 4.69) is 20.3 Å². The number of anilines is 1. The van der Waals surface area contributed by atoms with Crippen LogP contribution in [0.15, 0.2) is 0 Å². The molecule has 0 bridgehead atoms. The molecule has 0 aliphatic carbocycles. The molecule has 0 saturated carbocycles. The number of hydrogen-bond acceptors (Lipinski definition) is 5. The van der Waals surface area contributed by atoms with Crippen LogP contribution in [0.3, 0.4) is 0 Å². The van der Waals surface area contributed by atoms with Crippen molar-refractivity contribution in [1.82, 2.24) is 15.0 Å². The lowest BCUT2D eigenvalue weighted by Gasteiger charge is -2.04. The van der Waals surface area contributed by atoms with E-state index < -0.39 is 0 Å². The minimum absolute atomic E-state index is 0.247. The van der Waals surface area contributed by atoms with Crippen LogP contribution in [-0.2, 0) is 5.88 Å². The summed E-state index contributed by atoms with van der Waals surface area (Å²) in [6.07, 6.45) is 0. The first kappa shape index (κ1) is 9.98. The molecule has 0 unspecified atom stereocenters. The first-order valence-corrected chi connectivity index (χ1v) is 4.42. The molecular formula is C7H11ClN4O. The highest BCUT2D eigenvalue weighted by atomic mass is 35.5. The summed E-state index contributed by atoms with van der Waals surface area (Å²) in [7, 11) is 1.50. The lowest BCUT2D eigenvalue weighted by Crippen LogP contribution is -2.07. The van der Waals surface area contributed by atoms with Crippen molar-refractivity contribution < 1.29 is 4.74 Å². The van der Waals surface area contributed by atoms with Gasteiger partial charge in [-0.2, -0.15) is 15.0 Å². The molecule has 0 aliphatic heterocycles. The van der Waals surface area contributed by atoms with Crippen LogP contribution in [0.1, 0.15) is 12.7 Å². The summed E-state index contributed by atoms with van der Waals surface area (Å²) in [6, 6.07) is 0.279. The van der Waals surface area contributed by atoms with Gasteiger partial charge in [0.05, 0.1) is 13.0 Å². The molecule has 13 heavy (non-hydrogen) atoms. The molecule has 0 saturated heterocycles. The van der Waals surface area contributed by atoms with Gasteiger partial charge in [0, 0.05) is 6.54 Å². The van der Waals surface area contributed by atoms with Gasteiger partial charge in [-0.05, 0) is 6.92 Å². The topological polar surface area (TPSA) is 59.9 Å². The largest absolute Gasteiger partial charge is 0.467 e. The second-order valence-electron chi connectivity index (χ2n) is 2.23. The summed E-state index contributed by atoms with van der Waals surface area (Å²) >= 11 is 5.59. The lowest BCUT2D eigenvalue weighted by atomic mass is 10.6. The van der Waals surface area contributed by atoms with Gasteiger partial charge in [-0.3, -0.25) is 0 Å². The SMILES string of the molecule is CCNc1nc(CCl)nc(OC)n1. The van der Waals surface area contributed by atoms with Crippen molar-refractivity contribution in [2.24, 2.45) is 0 Å². The Labute approximate surface area is 81.5 Å². The van der Waals surface area contributed by atoms with E-state index >= 15 is 0 Å². The fraction of sp³-hybridized carbons (Fsp3) is 0.571. The molecule has 0 amide bonds. The Morgan fingerprint density at radius 1 is 1.38 bits per heavy atom. The van der Waals surface area contributed by atoms with E-state index in [1.807, 2.05) is 6.92 Å². The van der Waals surface area contributed by atoms with E-state index in [1.54, 1.807) is 0 Å². The van der Waals surface area contributed by atoms with Crippen molar-refractivity contribution in [3.63, 3.8) is 0 Å². The highest BCUT2D eigenvalue weighted by Crippen LogP contribution is 2.08. The third kappa shape index (κ3) is 2.69. The maximum atomic E-state index is 5.59. The third-order valence-corrected chi connectivity index (χ3v) is 1.54. The van der Waals surface area contributed by atoms with Gasteiger partial charge < -0.3 is 10.1 Å². The lowest BCUT2D eigenvalue weighted by molar-refractivity contribution is 0.377. The van der Waals surface area contributed by atoms with E-state index in [1.165, 1.54) is 7.11 Å². The normalized spacial score (nSPS) is 9.77. The average molecular weight is 203 g/mol. The van der Waals surface area contributed by atoms with Crippen molar-refractivity contribution in [2.45, 2.75) is 12.8 Å². The summed E-state index contributed by atoms with van der Waals surface area (Å²) in [6.45, 7) is 2.70. The Kier molecular flexibility index (Phi) is 3.70. The standard InChI is InChI=1S/C7H11ClN4O/c1-3-9-6-10-5(4-8)11-7(12-6)13-2/h3-4H2,1-2H3,(H,9,10,11,12). The molecule has 0 aromatic carbocycles. The number of ether oxygens (including phenoxy) is 1. The number of methoxy groups -OCH3 is 1. The molecule has 0 radical (unpaired) electrons. The molecule has 6 heteroatoms. The molecule has 5 nitrogen and oxygen atoms in total. The van der Waals surface area contributed by atoms with Crippen LogP contribution in [0.2, 0.25) is 0 Å². The van der Waals surface area contributed by atoms with E-state index in [-0.39, 0.29) is 11.9 Å². The number of nitrogens with zero attached hydrogens (tertiary/aromatic N) is 3. The molecule has 0 fully saturated rings. The molecular weight excluding hydrogens is 192 g/mol. The van der Waals surface area contributed by atoms with Gasteiger partial charge in [0.1, 0.15) is 0 Å². The second-order valence-corrected chi connectivity index (χ2v) is 2.49. The summed E-state index contributed by atoms with van der Waals surface area (Å²) in [5.41, 5.74) is 0. The minimum atomic E-state index is 0.247. The van der Waals surface area contributed by atoms with Crippen molar-refractivity contribution in [3.05, 3.63) is 5.82 Å². The van der Waals surface area contributed by atoms with Crippen LogP contribution in [0.25, 0.3) is 0 Å². The van der Waals surface area contributed by atoms with Crippen molar-refractivity contribution in [3.8, 4) is 6.01 Å². The smallest absolute Gasteiger partial charge is 0.321 e. The number of hydrogen-bond donors (Lipinski definition) is 1. The Hall–Kier alpha value is -1.10. The predicted octanol–water partition coefficient (Wildman–Crippen LogP) is 1.05. The van der Waals surface area contributed by atoms with Crippen molar-refractivity contribution >= 4 is 17.5 Å². The van der Waals surface area contributed by atoms with Crippen LogP contribution >= 0.6 is 11.6 Å². The molecule has 0 aliphatic rings. The molecule has 0 spiro atoms. The zero-order chi connectivity index (χ0) is 9.68. The highest BCUT2D eigenvalue weighted by molar-refractivity contribution is 6.16. The molecule has 72 valence electrons. The van der Waals surface area contributed by atoms with Gasteiger partial charge in [0.25, 0.3) is 0 Å². The molecule has 1 N–H and O–H groups in total. The number of nitrogens with one attached hydrogen (secondary N) is 1. The third-order valence-electron chi connectivity index (χ3n) is 1.30. The number of alkyl halides is 1. The molecule has 1 heterocycles. The summed E-state index contributed by atoms with van der Waals surface area (Å²) < 4.78 is 4.88. The summed E-state index contributed by atoms with van der Waals surface area (Å²) in [5, 5.41) is 2.96. The van der Waals surface area contributed by atoms with Gasteiger partial charge in [-0.15, -0.1) is 11.6 Å². The monoisotopic (exact) mass is 202 g/mol. The molecule has 1 rings (SSSR count). The van der Waals surface area contributed by atoms with Crippen LogP contribution in [-0.4, -0.2) is 28.6 Å². The zero-order valence-electron chi connectivity index (χ0n) is 7.54. The van der Waals surface area contributed by atoms with Crippen molar-refractivity contribution in [2.75, 3.05) is 19.0 Å². The van der Waals surface area contributed by atoms with E-state index in [0.717, 1.165) is 6.54 Å². The van der Waals surface area contributed by atoms with E-state index in [9.17, 15) is 0 Å². The molecule has 0 atom stereocenters. The number of rotatable bonds is 4. The Balaban J connectivity index is 2.93. The van der Waals surface area contributed by atoms with E-state index in [0.29, 0.717) is 11.8 Å². The number of halogens is 1. The molecule has 1 aromatic heterocycles. The Morgan fingerprint density at radius 2 is 2.15 bits per heavy atom. The molecule has 1 aromatic rings. The van der Waals surface area contributed by atoms with Crippen LogP contribution < -0.4 is 10.1 Å². The number of aromatic nitrogens is 3. The van der Waals surface area contributed by atoms with Crippen LogP contribution in [0.5, 0.6) is 6.01 Å². The quantitative estimate of drug-likeness (QED) is 0.740. The first-order chi connectivity index (χ1) is 6.30. The first-order valence-electron chi connectivity index (χ1n) is 3.89. The van der Waals surface area contributed by atoms with Gasteiger partial charge in [-0.25, -0.2) is 0 Å². The maximum absolute atomic E-state index is 5.59. The van der Waals surface area contributed by atoms with Crippen LogP contribution in [0, 0.1) is 0 Å². The Bertz CT molecular complexity index is 259. The predicted molar refractivity (Wildman–Crippen MR) is 50.1 cm³/mol. The fourth-order valence-corrected chi connectivity index (χ4v) is 0.906. The highest BCUT2D eigenvalue weighted by Gasteiger charge is 2.04. The summed E-state index contributed by atoms with van der Waals surface area (Å²) in [4.78, 5) is 12.0. The van der Waals surface area contributed by atoms with Gasteiger partial charge in [0.2, 0.25) is 5.95 Å². The minimum Gasteiger partial charge on any atom is -0.467 e.